The van der Waals surface area contributed by atoms with E-state index < -0.39 is 35.6 Å². The van der Waals surface area contributed by atoms with Crippen LogP contribution >= 0.6 is 0 Å². The number of benzene rings is 1. The number of carbonyl (C=O) groups is 1. The van der Waals surface area contributed by atoms with E-state index in [1.165, 1.54) is 24.5 Å². The number of alkyl halides is 3. The Balaban J connectivity index is 1.56. The number of pyridine rings is 1. The highest BCUT2D eigenvalue weighted by Crippen LogP contribution is 2.31. The van der Waals surface area contributed by atoms with Crippen molar-refractivity contribution in [3.8, 4) is 17.3 Å². The molecule has 1 fully saturated rings. The minimum Gasteiger partial charge on any atom is -0.472 e. The second-order valence-electron chi connectivity index (χ2n) is 7.68. The van der Waals surface area contributed by atoms with Crippen molar-refractivity contribution >= 4 is 5.91 Å². The van der Waals surface area contributed by atoms with Crippen LogP contribution in [0, 0.1) is 5.82 Å². The fourth-order valence-electron chi connectivity index (χ4n) is 3.81. The second kappa shape index (κ2) is 9.13. The smallest absolute Gasteiger partial charge is 0.417 e. The molecule has 0 bridgehead atoms. The molecule has 1 aromatic carbocycles. The van der Waals surface area contributed by atoms with Crippen LogP contribution in [0.25, 0.3) is 11.4 Å². The number of ether oxygens (including phenoxy) is 1. The molecule has 4 rings (SSSR count). The summed E-state index contributed by atoms with van der Waals surface area (Å²) in [6, 6.07) is 7.13. The topological polar surface area (TPSA) is 68.2 Å². The Morgan fingerprint density at radius 1 is 1.12 bits per heavy atom. The number of halogens is 4. The average molecular weight is 460 g/mol. The highest BCUT2D eigenvalue weighted by Gasteiger charge is 2.35. The summed E-state index contributed by atoms with van der Waals surface area (Å²) in [5, 5.41) is 0. The fourth-order valence-corrected chi connectivity index (χ4v) is 3.81. The average Bonchev–Trinajstić information content (AvgIpc) is 2.80. The Hall–Kier alpha value is -3.56. The maximum absolute atomic E-state index is 14.0. The Morgan fingerprint density at radius 2 is 1.88 bits per heavy atom. The molecule has 0 N–H and O–H groups in total. The first-order valence-corrected chi connectivity index (χ1v) is 10.3. The molecular weight excluding hydrogens is 440 g/mol. The first-order chi connectivity index (χ1) is 15.7. The maximum Gasteiger partial charge on any atom is 0.417 e. The molecule has 0 radical (unpaired) electrons. The summed E-state index contributed by atoms with van der Waals surface area (Å²) in [6.07, 6.45) is -0.00607. The van der Waals surface area contributed by atoms with Gasteiger partial charge in [0.2, 0.25) is 5.88 Å². The van der Waals surface area contributed by atoms with E-state index in [-0.39, 0.29) is 11.4 Å². The minimum atomic E-state index is -4.49. The first kappa shape index (κ1) is 22.6. The summed E-state index contributed by atoms with van der Waals surface area (Å²) >= 11 is 0. The summed E-state index contributed by atoms with van der Waals surface area (Å²) < 4.78 is 58.2. The van der Waals surface area contributed by atoms with E-state index in [1.54, 1.807) is 17.9 Å². The maximum atomic E-state index is 14.0. The van der Waals surface area contributed by atoms with Gasteiger partial charge in [0, 0.05) is 36.8 Å². The number of hydrogen-bond acceptors (Lipinski definition) is 5. The molecule has 33 heavy (non-hydrogen) atoms. The zero-order valence-corrected chi connectivity index (χ0v) is 17.6. The van der Waals surface area contributed by atoms with Crippen molar-refractivity contribution in [2.24, 2.45) is 0 Å². The lowest BCUT2D eigenvalue weighted by atomic mass is 9.97. The molecule has 0 unspecified atom stereocenters. The third kappa shape index (κ3) is 4.94. The van der Waals surface area contributed by atoms with Gasteiger partial charge in [0.25, 0.3) is 5.91 Å². The van der Waals surface area contributed by atoms with Gasteiger partial charge in [0.05, 0.1) is 17.2 Å². The van der Waals surface area contributed by atoms with Crippen LogP contribution in [-0.4, -0.2) is 44.4 Å². The number of aromatic nitrogens is 3. The fraction of sp³-hybridized carbons (Fsp3) is 0.304. The highest BCUT2D eigenvalue weighted by molar-refractivity contribution is 6.00. The molecule has 3 aromatic rings. The standard InChI is InChI=1S/C23H20F4N4O2/c1-14-19(33-20-8-5-15(13-30-20)23(25,26)27)4-2-11-31(14)22(32)18-12-16(24)6-7-17(18)21-28-9-3-10-29-21/h3,5-10,12-14,19H,2,4,11H2,1H3/t14-,19+/m0/s1. The van der Waals surface area contributed by atoms with Crippen LogP contribution in [-0.2, 0) is 6.18 Å². The van der Waals surface area contributed by atoms with Crippen LogP contribution in [0.15, 0.2) is 55.0 Å². The van der Waals surface area contributed by atoms with Gasteiger partial charge in [-0.05, 0) is 50.1 Å². The molecule has 2 atom stereocenters. The lowest BCUT2D eigenvalue weighted by Gasteiger charge is -2.39. The SMILES string of the molecule is C[C@H]1[C@H](Oc2ccc(C(F)(F)F)cn2)CCCN1C(=O)c1cc(F)ccc1-c1ncccn1. The van der Waals surface area contributed by atoms with E-state index in [1.807, 2.05) is 0 Å². The molecule has 0 aliphatic carbocycles. The monoisotopic (exact) mass is 460 g/mol. The lowest BCUT2D eigenvalue weighted by molar-refractivity contribution is -0.137. The number of piperidine rings is 1. The van der Waals surface area contributed by atoms with Crippen molar-refractivity contribution in [1.82, 2.24) is 19.9 Å². The van der Waals surface area contributed by atoms with Crippen LogP contribution in [0.4, 0.5) is 17.6 Å². The summed E-state index contributed by atoms with van der Waals surface area (Å²) in [4.78, 5) is 27.1. The molecule has 0 spiro atoms. The van der Waals surface area contributed by atoms with Crippen molar-refractivity contribution in [2.75, 3.05) is 6.54 Å². The second-order valence-corrected chi connectivity index (χ2v) is 7.68. The summed E-state index contributed by atoms with van der Waals surface area (Å²) in [7, 11) is 0. The number of nitrogens with zero attached hydrogens (tertiary/aromatic N) is 4. The summed E-state index contributed by atoms with van der Waals surface area (Å²) in [6.45, 7) is 2.20. The van der Waals surface area contributed by atoms with Crippen molar-refractivity contribution in [3.05, 3.63) is 71.9 Å². The normalized spacial score (nSPS) is 18.8. The molecule has 172 valence electrons. The van der Waals surface area contributed by atoms with Gasteiger partial charge in [-0.15, -0.1) is 0 Å². The van der Waals surface area contributed by atoms with Gasteiger partial charge in [0.1, 0.15) is 11.9 Å². The number of carbonyl (C=O) groups excluding carboxylic acids is 1. The van der Waals surface area contributed by atoms with Gasteiger partial charge in [-0.1, -0.05) is 0 Å². The summed E-state index contributed by atoms with van der Waals surface area (Å²) in [5.74, 6) is -0.631. The molecule has 2 aromatic heterocycles. The van der Waals surface area contributed by atoms with Crippen LogP contribution in [0.1, 0.15) is 35.7 Å². The molecule has 1 aliphatic rings. The zero-order chi connectivity index (χ0) is 23.6. The lowest BCUT2D eigenvalue weighted by Crippen LogP contribution is -2.51. The zero-order valence-electron chi connectivity index (χ0n) is 17.6. The van der Waals surface area contributed by atoms with Crippen molar-refractivity contribution in [2.45, 2.75) is 38.1 Å². The van der Waals surface area contributed by atoms with E-state index in [0.717, 1.165) is 18.2 Å². The van der Waals surface area contributed by atoms with Gasteiger partial charge >= 0.3 is 6.18 Å². The number of rotatable bonds is 4. The quantitative estimate of drug-likeness (QED) is 0.525. The van der Waals surface area contributed by atoms with Crippen molar-refractivity contribution in [1.29, 1.82) is 0 Å². The highest BCUT2D eigenvalue weighted by atomic mass is 19.4. The van der Waals surface area contributed by atoms with E-state index in [4.69, 9.17) is 4.74 Å². The molecule has 0 saturated carbocycles. The molecule has 1 aliphatic heterocycles. The van der Waals surface area contributed by atoms with Crippen LogP contribution < -0.4 is 4.74 Å². The Labute approximate surface area is 187 Å². The van der Waals surface area contributed by atoms with Gasteiger partial charge in [-0.25, -0.2) is 19.3 Å². The molecule has 10 heteroatoms. The van der Waals surface area contributed by atoms with E-state index in [0.29, 0.717) is 37.0 Å². The molecule has 3 heterocycles. The summed E-state index contributed by atoms with van der Waals surface area (Å²) in [5.41, 5.74) is -0.340. The predicted molar refractivity (Wildman–Crippen MR) is 111 cm³/mol. The van der Waals surface area contributed by atoms with Gasteiger partial charge in [0.15, 0.2) is 5.82 Å². The largest absolute Gasteiger partial charge is 0.472 e. The Bertz CT molecular complexity index is 1120. The van der Waals surface area contributed by atoms with Crippen LogP contribution in [0.3, 0.4) is 0 Å². The molecule has 1 saturated heterocycles. The van der Waals surface area contributed by atoms with E-state index in [9.17, 15) is 22.4 Å². The molecule has 1 amide bonds. The number of amides is 1. The van der Waals surface area contributed by atoms with Gasteiger partial charge in [-0.2, -0.15) is 13.2 Å². The van der Waals surface area contributed by atoms with Gasteiger partial charge in [-0.3, -0.25) is 4.79 Å². The van der Waals surface area contributed by atoms with E-state index in [2.05, 4.69) is 15.0 Å². The van der Waals surface area contributed by atoms with E-state index >= 15 is 0 Å². The van der Waals surface area contributed by atoms with Crippen molar-refractivity contribution < 1.29 is 27.1 Å². The number of likely N-dealkylation sites (tertiary alicyclic amines) is 1. The third-order valence-electron chi connectivity index (χ3n) is 5.53. The predicted octanol–water partition coefficient (Wildman–Crippen LogP) is 4.77. The van der Waals surface area contributed by atoms with Crippen LogP contribution in [0.5, 0.6) is 5.88 Å². The Morgan fingerprint density at radius 3 is 2.55 bits per heavy atom. The minimum absolute atomic E-state index is 0.0401. The van der Waals surface area contributed by atoms with Crippen LogP contribution in [0.2, 0.25) is 0 Å². The molecule has 6 nitrogen and oxygen atoms in total. The first-order valence-electron chi connectivity index (χ1n) is 10.3. The molecular formula is C23H20F4N4O2. The van der Waals surface area contributed by atoms with Gasteiger partial charge < -0.3 is 9.64 Å². The van der Waals surface area contributed by atoms with Crippen molar-refractivity contribution in [3.63, 3.8) is 0 Å². The third-order valence-corrected chi connectivity index (χ3v) is 5.53. The Kier molecular flexibility index (Phi) is 6.26. The number of hydrogen-bond donors (Lipinski definition) is 0.